The van der Waals surface area contributed by atoms with Crippen LogP contribution in [0.25, 0.3) is 6.08 Å². The lowest BCUT2D eigenvalue weighted by molar-refractivity contribution is -0.128. The van der Waals surface area contributed by atoms with Crippen molar-refractivity contribution in [3.05, 3.63) is 65.7 Å². The highest BCUT2D eigenvalue weighted by Crippen LogP contribution is 2.28. The molecule has 138 valence electrons. The van der Waals surface area contributed by atoms with E-state index in [4.69, 9.17) is 9.47 Å². The summed E-state index contributed by atoms with van der Waals surface area (Å²) in [6.45, 7) is 4.77. The quantitative estimate of drug-likeness (QED) is 0.654. The highest BCUT2D eigenvalue weighted by molar-refractivity contribution is 5.92. The van der Waals surface area contributed by atoms with E-state index in [1.807, 2.05) is 59.5 Å². The Hall–Kier alpha value is -2.75. The van der Waals surface area contributed by atoms with E-state index in [0.717, 1.165) is 17.5 Å². The second-order valence-electron chi connectivity index (χ2n) is 6.16. The fraction of sp³-hybridized carbons (Fsp3) is 0.318. The zero-order valence-corrected chi connectivity index (χ0v) is 15.9. The van der Waals surface area contributed by atoms with Crippen LogP contribution in [0.15, 0.2) is 54.6 Å². The van der Waals surface area contributed by atoms with E-state index in [-0.39, 0.29) is 11.9 Å². The Morgan fingerprint density at radius 3 is 2.38 bits per heavy atom. The molecule has 4 nitrogen and oxygen atoms in total. The second-order valence-corrected chi connectivity index (χ2v) is 6.16. The molecule has 2 aromatic carbocycles. The summed E-state index contributed by atoms with van der Waals surface area (Å²) in [5, 5.41) is 0. The van der Waals surface area contributed by atoms with Gasteiger partial charge in [-0.3, -0.25) is 4.79 Å². The van der Waals surface area contributed by atoms with E-state index in [1.165, 1.54) is 0 Å². The van der Waals surface area contributed by atoms with Crippen molar-refractivity contribution in [2.75, 3.05) is 14.2 Å². The zero-order valence-electron chi connectivity index (χ0n) is 15.9. The van der Waals surface area contributed by atoms with Gasteiger partial charge in [0.25, 0.3) is 0 Å². The summed E-state index contributed by atoms with van der Waals surface area (Å²) in [6, 6.07) is 15.8. The van der Waals surface area contributed by atoms with Crippen molar-refractivity contribution in [3.63, 3.8) is 0 Å². The van der Waals surface area contributed by atoms with E-state index in [9.17, 15) is 4.79 Å². The highest BCUT2D eigenvalue weighted by atomic mass is 16.5. The number of ether oxygens (including phenoxy) is 2. The van der Waals surface area contributed by atoms with Crippen molar-refractivity contribution in [1.82, 2.24) is 4.90 Å². The van der Waals surface area contributed by atoms with E-state index in [1.54, 1.807) is 20.3 Å². The van der Waals surface area contributed by atoms with E-state index >= 15 is 0 Å². The average Bonchev–Trinajstić information content (AvgIpc) is 2.70. The molecule has 0 heterocycles. The SMILES string of the molecule is CCC(C)N(Cc1ccccc1)C(=O)/C=C/c1ccc(OC)c(OC)c1. The number of hydrogen-bond donors (Lipinski definition) is 0. The van der Waals surface area contributed by atoms with Crippen LogP contribution < -0.4 is 9.47 Å². The Labute approximate surface area is 156 Å². The van der Waals surface area contributed by atoms with Gasteiger partial charge < -0.3 is 14.4 Å². The first kappa shape index (κ1) is 19.6. The number of amides is 1. The van der Waals surface area contributed by atoms with Crippen LogP contribution in [0, 0.1) is 0 Å². The van der Waals surface area contributed by atoms with Gasteiger partial charge in [-0.25, -0.2) is 0 Å². The van der Waals surface area contributed by atoms with E-state index < -0.39 is 0 Å². The maximum Gasteiger partial charge on any atom is 0.247 e. The Balaban J connectivity index is 2.16. The summed E-state index contributed by atoms with van der Waals surface area (Å²) in [6.07, 6.45) is 4.34. The molecule has 0 bridgehead atoms. The van der Waals surface area contributed by atoms with Gasteiger partial charge >= 0.3 is 0 Å². The highest BCUT2D eigenvalue weighted by Gasteiger charge is 2.17. The van der Waals surface area contributed by atoms with Crippen LogP contribution in [0.2, 0.25) is 0 Å². The fourth-order valence-corrected chi connectivity index (χ4v) is 2.67. The zero-order chi connectivity index (χ0) is 18.9. The van der Waals surface area contributed by atoms with Gasteiger partial charge in [0.1, 0.15) is 0 Å². The third-order valence-corrected chi connectivity index (χ3v) is 4.43. The van der Waals surface area contributed by atoms with Crippen LogP contribution >= 0.6 is 0 Å². The lowest BCUT2D eigenvalue weighted by Crippen LogP contribution is -2.36. The molecule has 26 heavy (non-hydrogen) atoms. The normalized spacial score (nSPS) is 12.0. The van der Waals surface area contributed by atoms with Crippen molar-refractivity contribution in [3.8, 4) is 11.5 Å². The van der Waals surface area contributed by atoms with Gasteiger partial charge in [-0.2, -0.15) is 0 Å². The Morgan fingerprint density at radius 2 is 1.77 bits per heavy atom. The topological polar surface area (TPSA) is 38.8 Å². The Kier molecular flexibility index (Phi) is 7.27. The van der Waals surface area contributed by atoms with Crippen molar-refractivity contribution < 1.29 is 14.3 Å². The van der Waals surface area contributed by atoms with Gasteiger partial charge in [0.15, 0.2) is 11.5 Å². The number of hydrogen-bond acceptors (Lipinski definition) is 3. The molecular weight excluding hydrogens is 326 g/mol. The Morgan fingerprint density at radius 1 is 1.08 bits per heavy atom. The van der Waals surface area contributed by atoms with Gasteiger partial charge in [-0.15, -0.1) is 0 Å². The molecule has 0 spiro atoms. The smallest absolute Gasteiger partial charge is 0.247 e. The molecule has 0 aliphatic rings. The molecule has 0 aliphatic heterocycles. The van der Waals surface area contributed by atoms with Crippen LogP contribution in [-0.4, -0.2) is 31.1 Å². The summed E-state index contributed by atoms with van der Waals surface area (Å²) >= 11 is 0. The van der Waals surface area contributed by atoms with Crippen molar-refractivity contribution in [2.24, 2.45) is 0 Å². The van der Waals surface area contributed by atoms with Crippen LogP contribution in [0.5, 0.6) is 11.5 Å². The molecule has 4 heteroatoms. The number of rotatable bonds is 8. The molecule has 0 saturated carbocycles. The van der Waals surface area contributed by atoms with Gasteiger partial charge in [0, 0.05) is 18.7 Å². The minimum atomic E-state index is -0.00186. The van der Waals surface area contributed by atoms with E-state index in [0.29, 0.717) is 18.0 Å². The molecule has 2 rings (SSSR count). The van der Waals surface area contributed by atoms with Gasteiger partial charge in [-0.1, -0.05) is 43.3 Å². The molecule has 1 amide bonds. The fourth-order valence-electron chi connectivity index (χ4n) is 2.67. The molecule has 0 N–H and O–H groups in total. The number of carbonyl (C=O) groups excluding carboxylic acids is 1. The molecule has 1 unspecified atom stereocenters. The van der Waals surface area contributed by atoms with Crippen molar-refractivity contribution >= 4 is 12.0 Å². The maximum atomic E-state index is 12.8. The first-order chi connectivity index (χ1) is 12.6. The lowest BCUT2D eigenvalue weighted by Gasteiger charge is -2.27. The molecule has 2 aromatic rings. The first-order valence-electron chi connectivity index (χ1n) is 8.83. The van der Waals surface area contributed by atoms with Crippen LogP contribution in [0.3, 0.4) is 0 Å². The van der Waals surface area contributed by atoms with E-state index in [2.05, 4.69) is 13.8 Å². The monoisotopic (exact) mass is 353 g/mol. The largest absolute Gasteiger partial charge is 0.493 e. The average molecular weight is 353 g/mol. The molecule has 0 aromatic heterocycles. The molecule has 0 fully saturated rings. The van der Waals surface area contributed by atoms with Crippen LogP contribution in [0.1, 0.15) is 31.4 Å². The molecule has 0 aliphatic carbocycles. The second kappa shape index (κ2) is 9.66. The van der Waals surface area contributed by atoms with Crippen molar-refractivity contribution in [1.29, 1.82) is 0 Å². The number of methoxy groups -OCH3 is 2. The summed E-state index contributed by atoms with van der Waals surface area (Å²) in [7, 11) is 3.20. The van der Waals surface area contributed by atoms with Gasteiger partial charge in [0.05, 0.1) is 14.2 Å². The summed E-state index contributed by atoms with van der Waals surface area (Å²) in [4.78, 5) is 14.7. The first-order valence-corrected chi connectivity index (χ1v) is 8.83. The third kappa shape index (κ3) is 5.12. The van der Waals surface area contributed by atoms with Crippen LogP contribution in [-0.2, 0) is 11.3 Å². The molecule has 0 saturated heterocycles. The third-order valence-electron chi connectivity index (χ3n) is 4.43. The maximum absolute atomic E-state index is 12.8. The predicted molar refractivity (Wildman–Crippen MR) is 105 cm³/mol. The number of carbonyl (C=O) groups is 1. The minimum absolute atomic E-state index is 0.00186. The number of benzene rings is 2. The summed E-state index contributed by atoms with van der Waals surface area (Å²) < 4.78 is 10.6. The van der Waals surface area contributed by atoms with Gasteiger partial charge in [0.2, 0.25) is 5.91 Å². The predicted octanol–water partition coefficient (Wildman–Crippen LogP) is 4.54. The standard InChI is InChI=1S/C22H27NO3/c1-5-17(2)23(16-19-9-7-6-8-10-19)22(24)14-12-18-11-13-20(25-3)21(15-18)26-4/h6-15,17H,5,16H2,1-4H3/b14-12+. The minimum Gasteiger partial charge on any atom is -0.493 e. The van der Waals surface area contributed by atoms with Crippen molar-refractivity contribution in [2.45, 2.75) is 32.9 Å². The van der Waals surface area contributed by atoms with Crippen LogP contribution in [0.4, 0.5) is 0 Å². The lowest BCUT2D eigenvalue weighted by atomic mass is 10.1. The molecule has 1 atom stereocenters. The van der Waals surface area contributed by atoms with Gasteiger partial charge in [-0.05, 0) is 42.7 Å². The molecular formula is C22H27NO3. The molecule has 0 radical (unpaired) electrons. The summed E-state index contributed by atoms with van der Waals surface area (Å²) in [5.41, 5.74) is 2.01. The number of nitrogens with zero attached hydrogens (tertiary/aromatic N) is 1. The Bertz CT molecular complexity index is 740. The summed E-state index contributed by atoms with van der Waals surface area (Å²) in [5.74, 6) is 1.31.